The van der Waals surface area contributed by atoms with Crippen LogP contribution < -0.4 is 5.32 Å². The third-order valence-electron chi connectivity index (χ3n) is 3.69. The number of para-hydroxylation sites is 1. The lowest BCUT2D eigenvalue weighted by Gasteiger charge is -2.39. The number of hydrogen-bond donors (Lipinski definition) is 2. The molecule has 0 saturated heterocycles. The first-order valence-corrected chi connectivity index (χ1v) is 6.34. The third-order valence-corrected chi connectivity index (χ3v) is 3.69. The van der Waals surface area contributed by atoms with Gasteiger partial charge in [-0.2, -0.15) is 0 Å². The number of nitrogens with one attached hydrogen (secondary N) is 1. The van der Waals surface area contributed by atoms with E-state index >= 15 is 0 Å². The van der Waals surface area contributed by atoms with E-state index in [-0.39, 0.29) is 17.7 Å². The minimum Gasteiger partial charge on any atom is -0.478 e. The van der Waals surface area contributed by atoms with Gasteiger partial charge >= 0.3 is 5.97 Å². The van der Waals surface area contributed by atoms with Gasteiger partial charge in [-0.1, -0.05) is 6.07 Å². The fraction of sp³-hybridized carbons (Fsp3) is 0.429. The zero-order chi connectivity index (χ0) is 14.8. The molecule has 0 bridgehead atoms. The Bertz CT molecular complexity index is 534. The summed E-state index contributed by atoms with van der Waals surface area (Å²) < 4.78 is 19.0. The minimum absolute atomic E-state index is 0.0941. The van der Waals surface area contributed by atoms with Gasteiger partial charge in [0.2, 0.25) is 5.91 Å². The van der Waals surface area contributed by atoms with Gasteiger partial charge in [-0.3, -0.25) is 4.79 Å². The molecule has 1 aliphatic carbocycles. The second-order valence-electron chi connectivity index (χ2n) is 4.93. The summed E-state index contributed by atoms with van der Waals surface area (Å²) in [5, 5.41) is 11.3. The number of amides is 1. The summed E-state index contributed by atoms with van der Waals surface area (Å²) in [4.78, 5) is 23.0. The van der Waals surface area contributed by atoms with E-state index in [9.17, 15) is 14.0 Å². The molecule has 1 aromatic carbocycles. The maximum Gasteiger partial charge on any atom is 0.337 e. The van der Waals surface area contributed by atoms with E-state index in [2.05, 4.69) is 5.32 Å². The van der Waals surface area contributed by atoms with Crippen molar-refractivity contribution in [3.8, 4) is 0 Å². The summed E-state index contributed by atoms with van der Waals surface area (Å²) in [5.74, 6) is -2.50. The maximum absolute atomic E-state index is 13.7. The van der Waals surface area contributed by atoms with Crippen molar-refractivity contribution in [2.24, 2.45) is 0 Å². The second kappa shape index (κ2) is 5.58. The molecule has 108 valence electrons. The Kier molecular flexibility index (Phi) is 4.04. The van der Waals surface area contributed by atoms with Crippen LogP contribution in [0.3, 0.4) is 0 Å². The summed E-state index contributed by atoms with van der Waals surface area (Å²) in [6.45, 7) is 0. The van der Waals surface area contributed by atoms with Crippen LogP contribution in [0.1, 0.15) is 36.0 Å². The average Bonchev–Trinajstić information content (AvgIpc) is 2.36. The molecule has 2 N–H and O–H groups in total. The van der Waals surface area contributed by atoms with Crippen LogP contribution in [-0.2, 0) is 9.53 Å². The lowest BCUT2D eigenvalue weighted by molar-refractivity contribution is -0.129. The number of carboxylic acids is 1. The van der Waals surface area contributed by atoms with Crippen LogP contribution in [0.2, 0.25) is 0 Å². The number of carboxylic acid groups (broad SMARTS) is 1. The Morgan fingerprint density at radius 1 is 1.45 bits per heavy atom. The van der Waals surface area contributed by atoms with Crippen molar-refractivity contribution >= 4 is 17.6 Å². The normalized spacial score (nSPS) is 16.3. The smallest absolute Gasteiger partial charge is 0.337 e. The highest BCUT2D eigenvalue weighted by Crippen LogP contribution is 2.38. The molecule has 1 aliphatic rings. The Morgan fingerprint density at radius 2 is 2.15 bits per heavy atom. The van der Waals surface area contributed by atoms with E-state index in [1.807, 2.05) is 0 Å². The van der Waals surface area contributed by atoms with Gasteiger partial charge in [-0.25, -0.2) is 9.18 Å². The minimum atomic E-state index is -1.29. The molecule has 5 nitrogen and oxygen atoms in total. The number of halogens is 1. The van der Waals surface area contributed by atoms with Gasteiger partial charge in [0.15, 0.2) is 0 Å². The summed E-state index contributed by atoms with van der Waals surface area (Å²) in [6.07, 6.45) is 2.64. The predicted octanol–water partition coefficient (Wildman–Crippen LogP) is 2.42. The Labute approximate surface area is 115 Å². The third kappa shape index (κ3) is 2.80. The number of aromatic carboxylic acids is 1. The first-order chi connectivity index (χ1) is 9.47. The van der Waals surface area contributed by atoms with Crippen molar-refractivity contribution in [2.45, 2.75) is 31.3 Å². The van der Waals surface area contributed by atoms with Gasteiger partial charge in [-0.15, -0.1) is 0 Å². The standard InChI is InChI=1S/C14H16FNO4/c1-20-14(6-3-7-14)8-11(17)16-12-9(13(18)19)4-2-5-10(12)15/h2,4-5H,3,6-8H2,1H3,(H,16,17)(H,18,19). The SMILES string of the molecule is COC1(CC(=O)Nc2c(F)cccc2C(=O)O)CCC1. The zero-order valence-electron chi connectivity index (χ0n) is 11.1. The molecule has 0 atom stereocenters. The second-order valence-corrected chi connectivity index (χ2v) is 4.93. The zero-order valence-corrected chi connectivity index (χ0v) is 11.1. The molecule has 1 fully saturated rings. The van der Waals surface area contributed by atoms with Crippen LogP contribution in [0.25, 0.3) is 0 Å². The molecule has 0 unspecified atom stereocenters. The van der Waals surface area contributed by atoms with Gasteiger partial charge in [0.25, 0.3) is 0 Å². The van der Waals surface area contributed by atoms with Crippen LogP contribution in [0.4, 0.5) is 10.1 Å². The highest BCUT2D eigenvalue weighted by molar-refractivity contribution is 6.00. The van der Waals surface area contributed by atoms with E-state index in [1.165, 1.54) is 19.2 Å². The van der Waals surface area contributed by atoms with Crippen molar-refractivity contribution in [3.63, 3.8) is 0 Å². The Morgan fingerprint density at radius 3 is 2.65 bits per heavy atom. The van der Waals surface area contributed by atoms with Crippen LogP contribution in [-0.4, -0.2) is 29.7 Å². The van der Waals surface area contributed by atoms with Crippen molar-refractivity contribution in [2.75, 3.05) is 12.4 Å². The molecule has 20 heavy (non-hydrogen) atoms. The summed E-state index contributed by atoms with van der Waals surface area (Å²) in [7, 11) is 1.54. The lowest BCUT2D eigenvalue weighted by atomic mass is 9.77. The Hall–Kier alpha value is -1.95. The molecule has 2 rings (SSSR count). The Balaban J connectivity index is 2.13. The number of methoxy groups -OCH3 is 1. The average molecular weight is 281 g/mol. The molecule has 1 saturated carbocycles. The number of anilines is 1. The first-order valence-electron chi connectivity index (χ1n) is 6.34. The van der Waals surface area contributed by atoms with Crippen molar-refractivity contribution in [3.05, 3.63) is 29.6 Å². The summed E-state index contributed by atoms with van der Waals surface area (Å²) >= 11 is 0. The fourth-order valence-corrected chi connectivity index (χ4v) is 2.33. The summed E-state index contributed by atoms with van der Waals surface area (Å²) in [6, 6.07) is 3.64. The maximum atomic E-state index is 13.7. The molecule has 0 aromatic heterocycles. The highest BCUT2D eigenvalue weighted by atomic mass is 19.1. The fourth-order valence-electron chi connectivity index (χ4n) is 2.33. The topological polar surface area (TPSA) is 75.6 Å². The van der Waals surface area contributed by atoms with Gasteiger partial charge in [0.05, 0.1) is 23.3 Å². The van der Waals surface area contributed by atoms with E-state index < -0.39 is 23.3 Å². The van der Waals surface area contributed by atoms with Crippen molar-refractivity contribution in [1.82, 2.24) is 0 Å². The highest BCUT2D eigenvalue weighted by Gasteiger charge is 2.39. The molecule has 0 aliphatic heterocycles. The van der Waals surface area contributed by atoms with E-state index in [1.54, 1.807) is 0 Å². The van der Waals surface area contributed by atoms with Crippen molar-refractivity contribution in [1.29, 1.82) is 0 Å². The van der Waals surface area contributed by atoms with E-state index in [4.69, 9.17) is 9.84 Å². The van der Waals surface area contributed by atoms with Gasteiger partial charge in [-0.05, 0) is 31.4 Å². The molecular formula is C14H16FNO4. The molecule has 1 amide bonds. The number of carbonyl (C=O) groups is 2. The lowest BCUT2D eigenvalue weighted by Crippen LogP contribution is -2.42. The van der Waals surface area contributed by atoms with Crippen LogP contribution in [0, 0.1) is 5.82 Å². The predicted molar refractivity (Wildman–Crippen MR) is 70.2 cm³/mol. The monoisotopic (exact) mass is 281 g/mol. The molecule has 0 heterocycles. The van der Waals surface area contributed by atoms with Gasteiger partial charge < -0.3 is 15.2 Å². The number of ether oxygens (including phenoxy) is 1. The van der Waals surface area contributed by atoms with E-state index in [0.717, 1.165) is 25.3 Å². The first kappa shape index (κ1) is 14.5. The number of hydrogen-bond acceptors (Lipinski definition) is 3. The van der Waals surface area contributed by atoms with Crippen LogP contribution >= 0.6 is 0 Å². The van der Waals surface area contributed by atoms with Crippen LogP contribution in [0.5, 0.6) is 0 Å². The molecule has 1 aromatic rings. The van der Waals surface area contributed by atoms with E-state index in [0.29, 0.717) is 0 Å². The molecular weight excluding hydrogens is 265 g/mol. The molecule has 0 spiro atoms. The largest absolute Gasteiger partial charge is 0.478 e. The summed E-state index contributed by atoms with van der Waals surface area (Å²) in [5.41, 5.74) is -1.05. The van der Waals surface area contributed by atoms with Crippen molar-refractivity contribution < 1.29 is 23.8 Å². The molecule has 6 heteroatoms. The van der Waals surface area contributed by atoms with Crippen LogP contribution in [0.15, 0.2) is 18.2 Å². The number of rotatable bonds is 5. The number of carbonyl (C=O) groups excluding carboxylic acids is 1. The van der Waals surface area contributed by atoms with Gasteiger partial charge in [0, 0.05) is 7.11 Å². The number of benzene rings is 1. The quantitative estimate of drug-likeness (QED) is 0.869. The van der Waals surface area contributed by atoms with Gasteiger partial charge in [0.1, 0.15) is 5.82 Å². The molecule has 0 radical (unpaired) electrons.